The minimum atomic E-state index is -0.874. The number of aromatic nitrogens is 8. The number of esters is 2. The van der Waals surface area contributed by atoms with Crippen LogP contribution in [0.25, 0.3) is 0 Å². The van der Waals surface area contributed by atoms with Crippen molar-refractivity contribution >= 4 is 11.9 Å². The first-order valence-corrected chi connectivity index (χ1v) is 4.32. The van der Waals surface area contributed by atoms with Gasteiger partial charge < -0.3 is 9.47 Å². The lowest BCUT2D eigenvalue weighted by molar-refractivity contribution is -0.132. The highest BCUT2D eigenvalue weighted by Crippen LogP contribution is 1.97. The van der Waals surface area contributed by atoms with Crippen LogP contribution in [0.15, 0.2) is 12.2 Å². The molecule has 2 aromatic heterocycles. The van der Waals surface area contributed by atoms with Gasteiger partial charge in [0.25, 0.3) is 0 Å². The van der Waals surface area contributed by atoms with Crippen molar-refractivity contribution in [2.24, 2.45) is 0 Å². The third-order valence-corrected chi connectivity index (χ3v) is 1.39. The summed E-state index contributed by atoms with van der Waals surface area (Å²) in [4.78, 5) is 22.3. The summed E-state index contributed by atoms with van der Waals surface area (Å²) in [6.45, 7) is 0. The molecule has 0 aromatic carbocycles. The second-order valence-corrected chi connectivity index (χ2v) is 2.56. The Balaban J connectivity index is 1.83. The maximum absolute atomic E-state index is 11.1. The summed E-state index contributed by atoms with van der Waals surface area (Å²) in [6.07, 6.45) is 1.64. The van der Waals surface area contributed by atoms with Gasteiger partial charge in [-0.25, -0.2) is 9.59 Å². The monoisotopic (exact) mass is 252 g/mol. The van der Waals surface area contributed by atoms with Gasteiger partial charge in [-0.05, 0) is 10.4 Å². The van der Waals surface area contributed by atoms with E-state index in [1.807, 2.05) is 0 Å². The van der Waals surface area contributed by atoms with Crippen molar-refractivity contribution in [2.75, 3.05) is 0 Å². The molecule has 0 amide bonds. The minimum Gasteiger partial charge on any atom is -0.385 e. The number of tetrazole rings is 2. The van der Waals surface area contributed by atoms with E-state index in [1.165, 1.54) is 0 Å². The van der Waals surface area contributed by atoms with E-state index >= 15 is 0 Å². The van der Waals surface area contributed by atoms with Crippen LogP contribution in [0.3, 0.4) is 0 Å². The van der Waals surface area contributed by atoms with Crippen molar-refractivity contribution in [1.29, 1.82) is 0 Å². The molecule has 92 valence electrons. The molecule has 0 aliphatic heterocycles. The molecule has 18 heavy (non-hydrogen) atoms. The van der Waals surface area contributed by atoms with Gasteiger partial charge in [-0.1, -0.05) is 20.4 Å². The smallest absolute Gasteiger partial charge is 0.363 e. The summed E-state index contributed by atoms with van der Waals surface area (Å²) in [5.41, 5.74) is 0. The fraction of sp³-hybridized carbons (Fsp3) is 0. The molecule has 0 unspecified atom stereocenters. The Morgan fingerprint density at radius 1 is 0.889 bits per heavy atom. The summed E-state index contributed by atoms with van der Waals surface area (Å²) in [5.74, 6) is -1.75. The molecule has 2 heterocycles. The van der Waals surface area contributed by atoms with E-state index in [0.29, 0.717) is 0 Å². The molecule has 0 atom stereocenters. The third-order valence-electron chi connectivity index (χ3n) is 1.39. The van der Waals surface area contributed by atoms with Gasteiger partial charge in [0.05, 0.1) is 0 Å². The normalized spacial score (nSPS) is 10.4. The van der Waals surface area contributed by atoms with E-state index in [-0.39, 0.29) is 12.0 Å². The van der Waals surface area contributed by atoms with Crippen LogP contribution >= 0.6 is 0 Å². The van der Waals surface area contributed by atoms with Gasteiger partial charge in [0.1, 0.15) is 0 Å². The van der Waals surface area contributed by atoms with Crippen LogP contribution in [0.5, 0.6) is 12.0 Å². The van der Waals surface area contributed by atoms with Gasteiger partial charge in [-0.2, -0.15) is 10.4 Å². The summed E-state index contributed by atoms with van der Waals surface area (Å²) in [7, 11) is 0. The topological polar surface area (TPSA) is 162 Å². The van der Waals surface area contributed by atoms with Crippen molar-refractivity contribution in [3.05, 3.63) is 12.2 Å². The van der Waals surface area contributed by atoms with Crippen molar-refractivity contribution in [3.63, 3.8) is 0 Å². The molecule has 0 aliphatic carbocycles. The zero-order chi connectivity index (χ0) is 12.8. The second-order valence-electron chi connectivity index (χ2n) is 2.56. The summed E-state index contributed by atoms with van der Waals surface area (Å²) in [5, 5.41) is 24.0. The molecular weight excluding hydrogens is 248 g/mol. The molecule has 2 rings (SSSR count). The number of nitrogens with zero attached hydrogens (tertiary/aromatic N) is 6. The molecule has 12 nitrogen and oxygen atoms in total. The second kappa shape index (κ2) is 5.24. The SMILES string of the molecule is O=C(/C=C\C(=O)Oc1nn[nH]n1)Oc1nn[nH]n1. The highest BCUT2D eigenvalue weighted by Gasteiger charge is 2.07. The summed E-state index contributed by atoms with van der Waals surface area (Å²) >= 11 is 0. The molecule has 0 fully saturated rings. The van der Waals surface area contributed by atoms with Crippen LogP contribution < -0.4 is 9.47 Å². The van der Waals surface area contributed by atoms with E-state index < -0.39 is 11.9 Å². The number of H-pyrrole nitrogens is 2. The first kappa shape index (κ1) is 11.3. The number of rotatable bonds is 4. The minimum absolute atomic E-state index is 0.267. The first-order chi connectivity index (χ1) is 8.74. The Hall–Kier alpha value is -3.18. The molecule has 0 aliphatic rings. The van der Waals surface area contributed by atoms with Gasteiger partial charge in [-0.15, -0.1) is 0 Å². The van der Waals surface area contributed by atoms with Crippen LogP contribution in [0, 0.1) is 0 Å². The lowest BCUT2D eigenvalue weighted by Crippen LogP contribution is -2.09. The largest absolute Gasteiger partial charge is 0.385 e. The van der Waals surface area contributed by atoms with Gasteiger partial charge >= 0.3 is 24.0 Å². The Kier molecular flexibility index (Phi) is 3.29. The Morgan fingerprint density at radius 2 is 1.33 bits per heavy atom. The average molecular weight is 252 g/mol. The Labute approximate surface area is 97.4 Å². The summed E-state index contributed by atoms with van der Waals surface area (Å²) < 4.78 is 9.08. The zero-order valence-corrected chi connectivity index (χ0v) is 8.47. The average Bonchev–Trinajstić information content (AvgIpc) is 2.99. The fourth-order valence-electron chi connectivity index (χ4n) is 0.776. The number of aromatic amines is 2. The molecule has 2 aromatic rings. The molecule has 0 bridgehead atoms. The van der Waals surface area contributed by atoms with E-state index in [4.69, 9.17) is 0 Å². The maximum Gasteiger partial charge on any atom is 0.363 e. The van der Waals surface area contributed by atoms with Crippen molar-refractivity contribution in [3.8, 4) is 12.0 Å². The zero-order valence-electron chi connectivity index (χ0n) is 8.47. The lowest BCUT2D eigenvalue weighted by atomic mass is 10.5. The van der Waals surface area contributed by atoms with Crippen LogP contribution in [0.1, 0.15) is 0 Å². The third kappa shape index (κ3) is 3.16. The molecule has 0 saturated carbocycles. The highest BCUT2D eigenvalue weighted by molar-refractivity contribution is 5.92. The lowest BCUT2D eigenvalue weighted by Gasteiger charge is -1.93. The van der Waals surface area contributed by atoms with Crippen LogP contribution in [0.4, 0.5) is 0 Å². The standard InChI is InChI=1S/C6H4N8O4/c15-3(17-5-7-11-12-8-5)1-2-4(16)18-6-9-13-14-10-6/h1-2H,(H,7,8,11,12)(H,9,10,13,14)/b2-1-. The van der Waals surface area contributed by atoms with Crippen LogP contribution in [0.2, 0.25) is 0 Å². The molecule has 2 N–H and O–H groups in total. The number of ether oxygens (including phenoxy) is 2. The van der Waals surface area contributed by atoms with Crippen LogP contribution in [-0.2, 0) is 9.59 Å². The number of hydrogen-bond acceptors (Lipinski definition) is 10. The fourth-order valence-corrected chi connectivity index (χ4v) is 0.776. The van der Waals surface area contributed by atoms with Crippen LogP contribution in [-0.4, -0.2) is 53.2 Å². The van der Waals surface area contributed by atoms with E-state index in [2.05, 4.69) is 50.7 Å². The molecular formula is C6H4N8O4. The van der Waals surface area contributed by atoms with E-state index in [0.717, 1.165) is 12.2 Å². The molecule has 12 heteroatoms. The van der Waals surface area contributed by atoms with Crippen molar-refractivity contribution < 1.29 is 19.1 Å². The molecule has 0 spiro atoms. The van der Waals surface area contributed by atoms with Gasteiger partial charge in [0.2, 0.25) is 0 Å². The maximum atomic E-state index is 11.1. The number of nitrogens with one attached hydrogen (secondary N) is 2. The van der Waals surface area contributed by atoms with Gasteiger partial charge in [0, 0.05) is 12.2 Å². The van der Waals surface area contributed by atoms with Crippen molar-refractivity contribution in [1.82, 2.24) is 41.2 Å². The number of carbonyl (C=O) groups excluding carboxylic acids is 2. The predicted molar refractivity (Wildman–Crippen MR) is 48.8 cm³/mol. The Bertz CT molecular complexity index is 496. The predicted octanol–water partition coefficient (Wildman–Crippen LogP) is -2.22. The quantitative estimate of drug-likeness (QED) is 0.450. The molecule has 0 radical (unpaired) electrons. The summed E-state index contributed by atoms with van der Waals surface area (Å²) in [6, 6.07) is -0.535. The Morgan fingerprint density at radius 3 is 1.67 bits per heavy atom. The van der Waals surface area contributed by atoms with E-state index in [9.17, 15) is 9.59 Å². The first-order valence-electron chi connectivity index (χ1n) is 4.32. The van der Waals surface area contributed by atoms with E-state index in [1.54, 1.807) is 0 Å². The van der Waals surface area contributed by atoms with Gasteiger partial charge in [-0.3, -0.25) is 0 Å². The number of hydrogen-bond donors (Lipinski definition) is 2. The number of carbonyl (C=O) groups is 2. The van der Waals surface area contributed by atoms with Gasteiger partial charge in [0.15, 0.2) is 0 Å². The molecule has 0 saturated heterocycles. The highest BCUT2D eigenvalue weighted by atomic mass is 16.6. The van der Waals surface area contributed by atoms with Crippen molar-refractivity contribution in [2.45, 2.75) is 0 Å².